The van der Waals surface area contributed by atoms with Crippen LogP contribution in [0.2, 0.25) is 0 Å². The third-order valence-corrected chi connectivity index (χ3v) is 7.98. The van der Waals surface area contributed by atoms with Gasteiger partial charge >= 0.3 is 9.28 Å². The molecular weight excluding hydrogens is 372 g/mol. The van der Waals surface area contributed by atoms with Crippen molar-refractivity contribution < 1.29 is 8.85 Å². The molecule has 168 valence electrons. The van der Waals surface area contributed by atoms with Crippen molar-refractivity contribution in [3.63, 3.8) is 0 Å². The van der Waals surface area contributed by atoms with Crippen LogP contribution in [0.3, 0.4) is 0 Å². The van der Waals surface area contributed by atoms with Crippen LogP contribution >= 0.6 is 0 Å². The normalized spacial score (nSPS) is 11.5. The van der Waals surface area contributed by atoms with Crippen LogP contribution < -0.4 is 5.19 Å². The summed E-state index contributed by atoms with van der Waals surface area (Å²) in [5.41, 5.74) is 3.10. The maximum atomic E-state index is 5.75. The molecule has 0 fully saturated rings. The minimum Gasteiger partial charge on any atom is -0.397 e. The first-order chi connectivity index (χ1) is 14.3. The fourth-order valence-corrected chi connectivity index (χ4v) is 5.88. The molecule has 0 saturated heterocycles. The quantitative estimate of drug-likeness (QED) is 0.177. The molecule has 0 bridgehead atoms. The zero-order valence-corrected chi connectivity index (χ0v) is 21.1. The molecule has 0 radical (unpaired) electrons. The monoisotopic (exact) mass is 420 g/mol. The Bertz CT molecular complexity index is 499. The highest BCUT2D eigenvalue weighted by Gasteiger charge is 2.19. The second-order valence-electron chi connectivity index (χ2n) is 8.53. The number of hydrogen-bond acceptors (Lipinski definition) is 2. The molecular formula is C26H48O2Si. The van der Waals surface area contributed by atoms with Gasteiger partial charge in [0.2, 0.25) is 0 Å². The molecule has 0 aliphatic heterocycles. The van der Waals surface area contributed by atoms with E-state index in [2.05, 4.69) is 32.0 Å². The fraction of sp³-hybridized carbons (Fsp3) is 0.769. The van der Waals surface area contributed by atoms with E-state index in [9.17, 15) is 0 Å². The summed E-state index contributed by atoms with van der Waals surface area (Å²) in [5, 5.41) is 1.38. The molecule has 1 rings (SSSR count). The van der Waals surface area contributed by atoms with Crippen LogP contribution in [0, 0.1) is 0 Å². The standard InChI is InChI=1S/C26H48O2Si/c1-5-7-9-11-13-15-17-20-24-21-19-23-26(29(27-3)28-4)25(24)22-18-16-14-12-10-8-6-2/h19,21,23,29H,5-18,20,22H2,1-4H3. The number of rotatable bonds is 19. The Morgan fingerprint density at radius 1 is 0.621 bits per heavy atom. The summed E-state index contributed by atoms with van der Waals surface area (Å²) < 4.78 is 11.5. The topological polar surface area (TPSA) is 18.5 Å². The summed E-state index contributed by atoms with van der Waals surface area (Å²) in [4.78, 5) is 0. The van der Waals surface area contributed by atoms with Crippen molar-refractivity contribution in [1.29, 1.82) is 0 Å². The van der Waals surface area contributed by atoms with E-state index in [0.717, 1.165) is 0 Å². The Labute approximate surface area is 183 Å². The number of unbranched alkanes of at least 4 members (excludes halogenated alkanes) is 12. The van der Waals surface area contributed by atoms with Gasteiger partial charge < -0.3 is 8.85 Å². The van der Waals surface area contributed by atoms with Gasteiger partial charge in [-0.25, -0.2) is 0 Å². The van der Waals surface area contributed by atoms with Crippen molar-refractivity contribution in [3.05, 3.63) is 29.3 Å². The summed E-state index contributed by atoms with van der Waals surface area (Å²) >= 11 is 0. The van der Waals surface area contributed by atoms with E-state index in [4.69, 9.17) is 8.85 Å². The van der Waals surface area contributed by atoms with Gasteiger partial charge in [-0.3, -0.25) is 0 Å². The predicted molar refractivity (Wildman–Crippen MR) is 131 cm³/mol. The van der Waals surface area contributed by atoms with Crippen molar-refractivity contribution in [2.75, 3.05) is 14.2 Å². The third-order valence-electron chi connectivity index (χ3n) is 6.07. The van der Waals surface area contributed by atoms with Crippen LogP contribution in [0.1, 0.15) is 115 Å². The van der Waals surface area contributed by atoms with E-state index in [-0.39, 0.29) is 0 Å². The highest BCUT2D eigenvalue weighted by atomic mass is 28.3. The lowest BCUT2D eigenvalue weighted by molar-refractivity contribution is 0.291. The molecule has 0 amide bonds. The van der Waals surface area contributed by atoms with Gasteiger partial charge in [-0.15, -0.1) is 0 Å². The molecule has 2 nitrogen and oxygen atoms in total. The van der Waals surface area contributed by atoms with Gasteiger partial charge in [-0.2, -0.15) is 0 Å². The van der Waals surface area contributed by atoms with Crippen LogP contribution in [0.5, 0.6) is 0 Å². The lowest BCUT2D eigenvalue weighted by atomic mass is 9.96. The van der Waals surface area contributed by atoms with Crippen molar-refractivity contribution in [2.45, 2.75) is 117 Å². The van der Waals surface area contributed by atoms with Gasteiger partial charge in [0, 0.05) is 14.2 Å². The second-order valence-corrected chi connectivity index (χ2v) is 10.8. The summed E-state index contributed by atoms with van der Waals surface area (Å²) in [6, 6.07) is 6.83. The summed E-state index contributed by atoms with van der Waals surface area (Å²) in [5.74, 6) is 0. The maximum absolute atomic E-state index is 5.75. The lowest BCUT2D eigenvalue weighted by Gasteiger charge is -2.19. The zero-order chi connectivity index (χ0) is 21.2. The van der Waals surface area contributed by atoms with E-state index >= 15 is 0 Å². The molecule has 3 heteroatoms. The van der Waals surface area contributed by atoms with Crippen molar-refractivity contribution >= 4 is 14.5 Å². The largest absolute Gasteiger partial charge is 0.397 e. The predicted octanol–water partition coefficient (Wildman–Crippen LogP) is 6.99. The highest BCUT2D eigenvalue weighted by Crippen LogP contribution is 2.18. The molecule has 0 N–H and O–H groups in total. The van der Waals surface area contributed by atoms with E-state index in [0.29, 0.717) is 0 Å². The Morgan fingerprint density at radius 3 is 1.62 bits per heavy atom. The van der Waals surface area contributed by atoms with Gasteiger partial charge in [0.1, 0.15) is 0 Å². The van der Waals surface area contributed by atoms with Crippen LogP contribution in [0.15, 0.2) is 18.2 Å². The average molecular weight is 421 g/mol. The molecule has 0 saturated carbocycles. The van der Waals surface area contributed by atoms with Crippen molar-refractivity contribution in [3.8, 4) is 0 Å². The third kappa shape index (κ3) is 11.4. The SMILES string of the molecule is CCCCCCCCCc1cccc([SiH](OC)OC)c1CCCCCCCCC. The second kappa shape index (κ2) is 18.2. The smallest absolute Gasteiger partial charge is 0.355 e. The van der Waals surface area contributed by atoms with E-state index in [1.54, 1.807) is 25.3 Å². The zero-order valence-electron chi connectivity index (χ0n) is 19.9. The summed E-state index contributed by atoms with van der Waals surface area (Å²) in [6.45, 7) is 4.58. The molecule has 0 spiro atoms. The number of hydrogen-bond donors (Lipinski definition) is 0. The van der Waals surface area contributed by atoms with E-state index < -0.39 is 9.28 Å². The van der Waals surface area contributed by atoms with Gasteiger partial charge in [0.15, 0.2) is 0 Å². The van der Waals surface area contributed by atoms with Crippen LogP contribution in [-0.4, -0.2) is 23.5 Å². The van der Waals surface area contributed by atoms with Gasteiger partial charge in [0.05, 0.1) is 0 Å². The summed E-state index contributed by atoms with van der Waals surface area (Å²) in [7, 11) is 1.86. The first kappa shape index (κ1) is 26.4. The molecule has 0 aliphatic carbocycles. The average Bonchev–Trinajstić information content (AvgIpc) is 2.74. The first-order valence-electron chi connectivity index (χ1n) is 12.4. The van der Waals surface area contributed by atoms with Gasteiger partial charge in [-0.05, 0) is 42.0 Å². The van der Waals surface area contributed by atoms with E-state index in [1.807, 2.05) is 0 Å². The Kier molecular flexibility index (Phi) is 16.5. The molecule has 1 aromatic rings. The number of aryl methyl sites for hydroxylation is 1. The maximum Gasteiger partial charge on any atom is 0.355 e. The minimum absolute atomic E-state index is 1.19. The fourth-order valence-electron chi connectivity index (χ4n) is 4.30. The minimum atomic E-state index is -1.75. The molecule has 0 heterocycles. The van der Waals surface area contributed by atoms with E-state index in [1.165, 1.54) is 108 Å². The molecule has 0 aliphatic rings. The van der Waals surface area contributed by atoms with Gasteiger partial charge in [-0.1, -0.05) is 109 Å². The summed E-state index contributed by atoms with van der Waals surface area (Å²) in [6.07, 6.45) is 21.5. The van der Waals surface area contributed by atoms with Crippen LogP contribution in [-0.2, 0) is 21.7 Å². The Balaban J connectivity index is 2.60. The van der Waals surface area contributed by atoms with Crippen molar-refractivity contribution in [1.82, 2.24) is 0 Å². The van der Waals surface area contributed by atoms with Crippen molar-refractivity contribution in [2.24, 2.45) is 0 Å². The molecule has 0 unspecified atom stereocenters. The van der Waals surface area contributed by atoms with Gasteiger partial charge in [0.25, 0.3) is 0 Å². The Morgan fingerprint density at radius 2 is 1.10 bits per heavy atom. The first-order valence-corrected chi connectivity index (χ1v) is 14.0. The lowest BCUT2D eigenvalue weighted by Crippen LogP contribution is -2.38. The van der Waals surface area contributed by atoms with Crippen LogP contribution in [0.4, 0.5) is 0 Å². The molecule has 0 aromatic heterocycles. The Hall–Kier alpha value is -0.643. The molecule has 1 aromatic carbocycles. The highest BCUT2D eigenvalue weighted by molar-refractivity contribution is 6.61. The van der Waals surface area contributed by atoms with Crippen LogP contribution in [0.25, 0.3) is 0 Å². The molecule has 29 heavy (non-hydrogen) atoms. The number of benzene rings is 1. The molecule has 0 atom stereocenters.